The molecule has 1 N–H and O–H groups in total. The molecule has 0 saturated heterocycles. The van der Waals surface area contributed by atoms with Gasteiger partial charge in [-0.15, -0.1) is 0 Å². The van der Waals surface area contributed by atoms with E-state index >= 15 is 0 Å². The third kappa shape index (κ3) is 3.53. The van der Waals surface area contributed by atoms with Gasteiger partial charge in [-0.05, 0) is 38.6 Å². The van der Waals surface area contributed by atoms with E-state index in [1.165, 1.54) is 5.56 Å². The smallest absolute Gasteiger partial charge is 0.124 e. The van der Waals surface area contributed by atoms with E-state index in [0.717, 1.165) is 21.9 Å². The number of nitrogens with one attached hydrogen (secondary N) is 1. The highest BCUT2D eigenvalue weighted by Crippen LogP contribution is 2.27. The molecule has 106 valence electrons. The fourth-order valence-corrected chi connectivity index (χ4v) is 2.24. The van der Waals surface area contributed by atoms with Crippen molar-refractivity contribution in [3.63, 3.8) is 0 Å². The summed E-state index contributed by atoms with van der Waals surface area (Å²) in [6.07, 6.45) is 0. The number of aryl methyl sites for hydroxylation is 1. The van der Waals surface area contributed by atoms with Crippen LogP contribution in [0.5, 0.6) is 5.75 Å². The van der Waals surface area contributed by atoms with Gasteiger partial charge in [-0.1, -0.05) is 41.9 Å². The highest BCUT2D eigenvalue weighted by Gasteiger charge is 2.11. The van der Waals surface area contributed by atoms with Gasteiger partial charge < -0.3 is 10.1 Å². The van der Waals surface area contributed by atoms with Gasteiger partial charge in [0.15, 0.2) is 0 Å². The molecule has 0 aliphatic rings. The highest BCUT2D eigenvalue weighted by molar-refractivity contribution is 6.31. The predicted molar refractivity (Wildman–Crippen MR) is 84.4 cm³/mol. The molecule has 0 heterocycles. The zero-order chi connectivity index (χ0) is 14.5. The van der Waals surface area contributed by atoms with Crippen molar-refractivity contribution < 1.29 is 4.74 Å². The van der Waals surface area contributed by atoms with Crippen molar-refractivity contribution in [2.24, 2.45) is 0 Å². The molecule has 0 aliphatic heterocycles. The standard InChI is InChI=1S/C17H20ClNO/c1-12-8-9-15(13(2)19-3)17(10-12)20-11-14-6-4-5-7-16(14)18/h4-10,13,19H,11H2,1-3H3. The fourth-order valence-electron chi connectivity index (χ4n) is 2.05. The molecule has 2 aromatic rings. The second-order valence-electron chi connectivity index (χ2n) is 4.93. The zero-order valence-corrected chi connectivity index (χ0v) is 12.9. The first kappa shape index (κ1) is 14.9. The molecule has 0 fully saturated rings. The number of ether oxygens (including phenoxy) is 1. The minimum Gasteiger partial charge on any atom is -0.488 e. The summed E-state index contributed by atoms with van der Waals surface area (Å²) in [4.78, 5) is 0. The third-order valence-electron chi connectivity index (χ3n) is 3.41. The van der Waals surface area contributed by atoms with Gasteiger partial charge in [0.1, 0.15) is 12.4 Å². The van der Waals surface area contributed by atoms with Crippen molar-refractivity contribution in [1.29, 1.82) is 0 Å². The Labute approximate surface area is 125 Å². The molecular weight excluding hydrogens is 270 g/mol. The molecule has 1 atom stereocenters. The molecule has 0 aliphatic carbocycles. The van der Waals surface area contributed by atoms with Crippen LogP contribution in [0.25, 0.3) is 0 Å². The van der Waals surface area contributed by atoms with Crippen LogP contribution < -0.4 is 10.1 Å². The van der Waals surface area contributed by atoms with Crippen LogP contribution in [-0.2, 0) is 6.61 Å². The molecule has 20 heavy (non-hydrogen) atoms. The molecule has 0 radical (unpaired) electrons. The molecule has 0 spiro atoms. The van der Waals surface area contributed by atoms with Gasteiger partial charge in [-0.25, -0.2) is 0 Å². The maximum Gasteiger partial charge on any atom is 0.124 e. The van der Waals surface area contributed by atoms with Crippen molar-refractivity contribution in [2.75, 3.05) is 7.05 Å². The first-order chi connectivity index (χ1) is 9.61. The summed E-state index contributed by atoms with van der Waals surface area (Å²) in [6.45, 7) is 4.66. The maximum atomic E-state index is 6.16. The van der Waals surface area contributed by atoms with Gasteiger partial charge in [0.2, 0.25) is 0 Å². The van der Waals surface area contributed by atoms with Crippen molar-refractivity contribution in [1.82, 2.24) is 5.32 Å². The third-order valence-corrected chi connectivity index (χ3v) is 3.78. The topological polar surface area (TPSA) is 21.3 Å². The Kier molecular flexibility index (Phi) is 5.05. The maximum absolute atomic E-state index is 6.16. The Morgan fingerprint density at radius 2 is 1.95 bits per heavy atom. The van der Waals surface area contributed by atoms with E-state index in [-0.39, 0.29) is 6.04 Å². The van der Waals surface area contributed by atoms with E-state index in [2.05, 4.69) is 37.4 Å². The molecular formula is C17H20ClNO. The Hall–Kier alpha value is -1.51. The van der Waals surface area contributed by atoms with Crippen molar-refractivity contribution in [3.05, 3.63) is 64.2 Å². The lowest BCUT2D eigenvalue weighted by atomic mass is 10.1. The number of rotatable bonds is 5. The Morgan fingerprint density at radius 3 is 2.65 bits per heavy atom. The van der Waals surface area contributed by atoms with Gasteiger partial charge in [-0.2, -0.15) is 0 Å². The van der Waals surface area contributed by atoms with Gasteiger partial charge in [0.05, 0.1) is 0 Å². The SMILES string of the molecule is CNC(C)c1ccc(C)cc1OCc1ccccc1Cl. The molecule has 0 bridgehead atoms. The number of halogens is 1. The van der Waals surface area contributed by atoms with E-state index in [9.17, 15) is 0 Å². The summed E-state index contributed by atoms with van der Waals surface area (Å²) in [7, 11) is 1.95. The summed E-state index contributed by atoms with van der Waals surface area (Å²) < 4.78 is 5.98. The van der Waals surface area contributed by atoms with Crippen LogP contribution in [0.2, 0.25) is 5.02 Å². The first-order valence-electron chi connectivity index (χ1n) is 6.76. The van der Waals surface area contributed by atoms with Gasteiger partial charge in [-0.3, -0.25) is 0 Å². The average molecular weight is 290 g/mol. The van der Waals surface area contributed by atoms with Crippen LogP contribution in [-0.4, -0.2) is 7.05 Å². The molecule has 2 rings (SSSR count). The van der Waals surface area contributed by atoms with Crippen molar-refractivity contribution in [2.45, 2.75) is 26.5 Å². The summed E-state index contributed by atoms with van der Waals surface area (Å²) in [5.41, 5.74) is 3.34. The lowest BCUT2D eigenvalue weighted by Crippen LogP contribution is -2.14. The lowest BCUT2D eigenvalue weighted by Gasteiger charge is -2.17. The largest absolute Gasteiger partial charge is 0.488 e. The molecule has 3 heteroatoms. The Bertz CT molecular complexity index is 583. The number of hydrogen-bond donors (Lipinski definition) is 1. The van der Waals surface area contributed by atoms with E-state index in [4.69, 9.17) is 16.3 Å². The molecule has 2 aromatic carbocycles. The van der Waals surface area contributed by atoms with Crippen LogP contribution in [0.15, 0.2) is 42.5 Å². The van der Waals surface area contributed by atoms with Crippen molar-refractivity contribution >= 4 is 11.6 Å². The normalized spacial score (nSPS) is 12.2. The Morgan fingerprint density at radius 1 is 1.20 bits per heavy atom. The van der Waals surface area contributed by atoms with E-state index in [1.54, 1.807) is 0 Å². The van der Waals surface area contributed by atoms with Crippen molar-refractivity contribution in [3.8, 4) is 5.75 Å². The van der Waals surface area contributed by atoms with Gasteiger partial charge in [0, 0.05) is 22.2 Å². The summed E-state index contributed by atoms with van der Waals surface area (Å²) in [6, 6.07) is 14.3. The Balaban J connectivity index is 2.20. The first-order valence-corrected chi connectivity index (χ1v) is 7.13. The second kappa shape index (κ2) is 6.78. The number of hydrogen-bond acceptors (Lipinski definition) is 2. The predicted octanol–water partition coefficient (Wildman–Crippen LogP) is 4.51. The summed E-state index contributed by atoms with van der Waals surface area (Å²) in [5.74, 6) is 0.909. The fraction of sp³-hybridized carbons (Fsp3) is 0.294. The number of benzene rings is 2. The molecule has 0 aromatic heterocycles. The van der Waals surface area contributed by atoms with Gasteiger partial charge in [0.25, 0.3) is 0 Å². The van der Waals surface area contributed by atoms with E-state index < -0.39 is 0 Å². The van der Waals surface area contributed by atoms with E-state index in [0.29, 0.717) is 6.61 Å². The molecule has 0 saturated carbocycles. The summed E-state index contributed by atoms with van der Waals surface area (Å²) in [5, 5.41) is 3.98. The molecule has 0 amide bonds. The second-order valence-corrected chi connectivity index (χ2v) is 5.34. The quantitative estimate of drug-likeness (QED) is 0.874. The van der Waals surface area contributed by atoms with Crippen LogP contribution in [0.4, 0.5) is 0 Å². The summed E-state index contributed by atoms with van der Waals surface area (Å²) >= 11 is 6.16. The highest BCUT2D eigenvalue weighted by atomic mass is 35.5. The molecule has 1 unspecified atom stereocenters. The van der Waals surface area contributed by atoms with Crippen LogP contribution in [0.1, 0.15) is 29.7 Å². The lowest BCUT2D eigenvalue weighted by molar-refractivity contribution is 0.300. The van der Waals surface area contributed by atoms with Crippen LogP contribution in [0.3, 0.4) is 0 Å². The van der Waals surface area contributed by atoms with Crippen LogP contribution in [0, 0.1) is 6.92 Å². The monoisotopic (exact) mass is 289 g/mol. The van der Waals surface area contributed by atoms with Gasteiger partial charge >= 0.3 is 0 Å². The van der Waals surface area contributed by atoms with E-state index in [1.807, 2.05) is 31.3 Å². The average Bonchev–Trinajstić information content (AvgIpc) is 2.46. The molecule has 2 nitrogen and oxygen atoms in total. The minimum absolute atomic E-state index is 0.247. The van der Waals surface area contributed by atoms with Crippen LogP contribution >= 0.6 is 11.6 Å². The minimum atomic E-state index is 0.247. The zero-order valence-electron chi connectivity index (χ0n) is 12.1.